The predicted octanol–water partition coefficient (Wildman–Crippen LogP) is 0.779. The van der Waals surface area contributed by atoms with Crippen LogP contribution in [0, 0.1) is 0 Å². The first kappa shape index (κ1) is 7.72. The number of imidazole rings is 1. The normalized spacial score (nSPS) is 10.2. The molecular weight excluding hydrogens is 170 g/mol. The molecule has 2 rings (SSSR count). The average molecular weight is 177 g/mol. The molecule has 0 saturated heterocycles. The smallest absolute Gasteiger partial charge is 0.215 e. The van der Waals surface area contributed by atoms with Gasteiger partial charge in [0.2, 0.25) is 5.88 Å². The van der Waals surface area contributed by atoms with Gasteiger partial charge >= 0.3 is 0 Å². The molecule has 0 aliphatic heterocycles. The van der Waals surface area contributed by atoms with Crippen molar-refractivity contribution in [1.29, 1.82) is 0 Å². The molecule has 2 aromatic heterocycles. The lowest BCUT2D eigenvalue weighted by Crippen LogP contribution is -1.86. The van der Waals surface area contributed by atoms with Crippen LogP contribution in [-0.4, -0.2) is 28.3 Å². The monoisotopic (exact) mass is 177 g/mol. The van der Waals surface area contributed by atoms with Gasteiger partial charge in [0, 0.05) is 6.07 Å². The maximum Gasteiger partial charge on any atom is 0.215 e. The van der Waals surface area contributed by atoms with E-state index >= 15 is 0 Å². The molecule has 1 N–H and O–H groups in total. The molecule has 5 heteroatoms. The van der Waals surface area contributed by atoms with Crippen molar-refractivity contribution in [2.45, 2.75) is 0 Å². The average Bonchev–Trinajstić information content (AvgIpc) is 2.58. The van der Waals surface area contributed by atoms with E-state index in [0.29, 0.717) is 17.8 Å². The third kappa shape index (κ3) is 1.24. The first-order valence-corrected chi connectivity index (χ1v) is 3.69. The minimum Gasteiger partial charge on any atom is -0.481 e. The minimum atomic E-state index is 0.274. The molecule has 2 aromatic rings. The largest absolute Gasteiger partial charge is 0.481 e. The van der Waals surface area contributed by atoms with Crippen LogP contribution in [-0.2, 0) is 0 Å². The molecule has 0 bridgehead atoms. The number of fused-ring (bicyclic) bond motifs is 1. The van der Waals surface area contributed by atoms with Gasteiger partial charge in [-0.1, -0.05) is 0 Å². The lowest BCUT2D eigenvalue weighted by atomic mass is 10.4. The van der Waals surface area contributed by atoms with Crippen LogP contribution in [0.2, 0.25) is 0 Å². The molecule has 0 aliphatic carbocycles. The zero-order chi connectivity index (χ0) is 9.26. The number of hydrogen-bond donors (Lipinski definition) is 1. The number of methoxy groups -OCH3 is 1. The Labute approximate surface area is 73.8 Å². The van der Waals surface area contributed by atoms with Crippen LogP contribution in [0.5, 0.6) is 5.88 Å². The van der Waals surface area contributed by atoms with Gasteiger partial charge < -0.3 is 9.72 Å². The van der Waals surface area contributed by atoms with E-state index < -0.39 is 0 Å². The molecule has 0 unspecified atom stereocenters. The van der Waals surface area contributed by atoms with E-state index in [2.05, 4.69) is 15.0 Å². The van der Waals surface area contributed by atoms with Gasteiger partial charge in [0.25, 0.3) is 0 Å². The number of aromatic nitrogens is 3. The molecule has 66 valence electrons. The van der Waals surface area contributed by atoms with Crippen molar-refractivity contribution in [3.8, 4) is 5.88 Å². The van der Waals surface area contributed by atoms with E-state index in [0.717, 1.165) is 5.52 Å². The van der Waals surface area contributed by atoms with Crippen LogP contribution in [0.4, 0.5) is 0 Å². The molecule has 0 radical (unpaired) electrons. The Hall–Kier alpha value is -1.91. The van der Waals surface area contributed by atoms with E-state index in [-0.39, 0.29) is 5.82 Å². The van der Waals surface area contributed by atoms with Gasteiger partial charge in [-0.15, -0.1) is 0 Å². The maximum atomic E-state index is 10.4. The van der Waals surface area contributed by atoms with Crippen molar-refractivity contribution in [2.75, 3.05) is 7.11 Å². The Kier molecular flexibility index (Phi) is 1.70. The van der Waals surface area contributed by atoms with Crippen molar-refractivity contribution >= 4 is 17.5 Å². The highest BCUT2D eigenvalue weighted by atomic mass is 16.5. The summed E-state index contributed by atoms with van der Waals surface area (Å²) in [5.74, 6) is 0.757. The summed E-state index contributed by atoms with van der Waals surface area (Å²) in [6, 6.07) is 3.47. The van der Waals surface area contributed by atoms with Crippen LogP contribution < -0.4 is 4.74 Å². The molecule has 0 atom stereocenters. The highest BCUT2D eigenvalue weighted by Gasteiger charge is 2.03. The Morgan fingerprint density at radius 2 is 2.31 bits per heavy atom. The second-order valence-electron chi connectivity index (χ2n) is 2.46. The number of aromatic amines is 1. The second-order valence-corrected chi connectivity index (χ2v) is 2.46. The number of rotatable bonds is 2. The Bertz CT molecular complexity index is 450. The Balaban J connectivity index is 2.63. The number of carbonyl (C=O) groups excluding carboxylic acids is 1. The molecule has 0 amide bonds. The summed E-state index contributed by atoms with van der Waals surface area (Å²) in [7, 11) is 1.53. The number of pyridine rings is 1. The van der Waals surface area contributed by atoms with Gasteiger partial charge in [-0.05, 0) is 6.07 Å². The van der Waals surface area contributed by atoms with E-state index in [1.165, 1.54) is 7.11 Å². The van der Waals surface area contributed by atoms with Crippen molar-refractivity contribution in [3.63, 3.8) is 0 Å². The first-order chi connectivity index (χ1) is 6.33. The number of hydrogen-bond acceptors (Lipinski definition) is 4. The Morgan fingerprint density at radius 3 is 3.00 bits per heavy atom. The van der Waals surface area contributed by atoms with Gasteiger partial charge in [0.1, 0.15) is 0 Å². The number of aldehydes is 1. The van der Waals surface area contributed by atoms with E-state index in [1.54, 1.807) is 12.1 Å². The maximum absolute atomic E-state index is 10.4. The van der Waals surface area contributed by atoms with Crippen LogP contribution in [0.1, 0.15) is 10.6 Å². The van der Waals surface area contributed by atoms with Gasteiger partial charge in [-0.3, -0.25) is 4.79 Å². The molecule has 5 nitrogen and oxygen atoms in total. The van der Waals surface area contributed by atoms with Gasteiger partial charge in [-0.25, -0.2) is 4.98 Å². The number of H-pyrrole nitrogens is 1. The fraction of sp³-hybridized carbons (Fsp3) is 0.125. The molecule has 0 saturated carbocycles. The third-order valence-electron chi connectivity index (χ3n) is 1.66. The number of nitrogens with one attached hydrogen (secondary N) is 1. The summed E-state index contributed by atoms with van der Waals surface area (Å²) < 4.78 is 4.91. The minimum absolute atomic E-state index is 0.274. The Morgan fingerprint density at radius 1 is 1.46 bits per heavy atom. The summed E-state index contributed by atoms with van der Waals surface area (Å²) in [4.78, 5) is 21.1. The summed E-state index contributed by atoms with van der Waals surface area (Å²) in [6.45, 7) is 0. The highest BCUT2D eigenvalue weighted by Crippen LogP contribution is 2.13. The standard InChI is InChI=1S/C8H7N3O2/c1-13-7-3-2-5-8(11-7)10-6(4-12)9-5/h2-4H,1H3,(H,9,10,11). The lowest BCUT2D eigenvalue weighted by Gasteiger charge is -1.95. The summed E-state index contributed by atoms with van der Waals surface area (Å²) in [5.41, 5.74) is 1.21. The SMILES string of the molecule is COc1ccc2[nH]c(C=O)nc2n1. The van der Waals surface area contributed by atoms with Crippen molar-refractivity contribution in [3.05, 3.63) is 18.0 Å². The zero-order valence-corrected chi connectivity index (χ0v) is 6.94. The van der Waals surface area contributed by atoms with E-state index in [4.69, 9.17) is 4.74 Å². The highest BCUT2D eigenvalue weighted by molar-refractivity contribution is 5.79. The zero-order valence-electron chi connectivity index (χ0n) is 6.94. The molecule has 0 spiro atoms. The van der Waals surface area contributed by atoms with Gasteiger partial charge in [-0.2, -0.15) is 4.98 Å². The van der Waals surface area contributed by atoms with E-state index in [1.807, 2.05) is 0 Å². The molecule has 0 fully saturated rings. The summed E-state index contributed by atoms with van der Waals surface area (Å²) >= 11 is 0. The molecule has 0 aromatic carbocycles. The van der Waals surface area contributed by atoms with Crippen LogP contribution >= 0.6 is 0 Å². The van der Waals surface area contributed by atoms with Crippen LogP contribution in [0.3, 0.4) is 0 Å². The number of ether oxygens (including phenoxy) is 1. The lowest BCUT2D eigenvalue weighted by molar-refractivity contribution is 0.111. The van der Waals surface area contributed by atoms with E-state index in [9.17, 15) is 4.79 Å². The van der Waals surface area contributed by atoms with Crippen molar-refractivity contribution < 1.29 is 9.53 Å². The number of nitrogens with zero attached hydrogens (tertiary/aromatic N) is 2. The molecule has 2 heterocycles. The number of carbonyl (C=O) groups is 1. The predicted molar refractivity (Wildman–Crippen MR) is 45.8 cm³/mol. The molecule has 13 heavy (non-hydrogen) atoms. The van der Waals surface area contributed by atoms with Gasteiger partial charge in [0.05, 0.1) is 12.6 Å². The van der Waals surface area contributed by atoms with Crippen LogP contribution in [0.25, 0.3) is 11.2 Å². The quantitative estimate of drug-likeness (QED) is 0.688. The summed E-state index contributed by atoms with van der Waals surface area (Å²) in [5, 5.41) is 0. The third-order valence-corrected chi connectivity index (χ3v) is 1.66. The fourth-order valence-electron chi connectivity index (χ4n) is 1.06. The fourth-order valence-corrected chi connectivity index (χ4v) is 1.06. The van der Waals surface area contributed by atoms with Crippen molar-refractivity contribution in [2.24, 2.45) is 0 Å². The topological polar surface area (TPSA) is 67.9 Å². The van der Waals surface area contributed by atoms with Crippen LogP contribution in [0.15, 0.2) is 12.1 Å². The summed E-state index contributed by atoms with van der Waals surface area (Å²) in [6.07, 6.45) is 0.647. The second kappa shape index (κ2) is 2.85. The van der Waals surface area contributed by atoms with Crippen molar-refractivity contribution in [1.82, 2.24) is 15.0 Å². The molecular formula is C8H7N3O2. The van der Waals surface area contributed by atoms with Gasteiger partial charge in [0.15, 0.2) is 17.8 Å². The molecule has 0 aliphatic rings. The first-order valence-electron chi connectivity index (χ1n) is 3.69.